The molecule has 0 radical (unpaired) electrons. The predicted octanol–water partition coefficient (Wildman–Crippen LogP) is 1.10. The Kier molecular flexibility index (Phi) is 24.8. The topological polar surface area (TPSA) is 55.6 Å². The van der Waals surface area contributed by atoms with Crippen LogP contribution < -0.4 is 5.73 Å². The lowest BCUT2D eigenvalue weighted by molar-refractivity contribution is -0.118. The van der Waals surface area contributed by atoms with Crippen molar-refractivity contribution in [2.45, 2.75) is 27.7 Å². The number of hydrogen-bond donors (Lipinski definition) is 1. The molecular formula is C10H26N2O2. The van der Waals surface area contributed by atoms with Gasteiger partial charge in [-0.2, -0.15) is 0 Å². The van der Waals surface area contributed by atoms with Gasteiger partial charge in [-0.3, -0.25) is 9.69 Å². The fraction of sp³-hybridized carbons (Fsp3) is 0.900. The molecule has 4 heteroatoms. The molecule has 0 spiro atoms. The lowest BCUT2D eigenvalue weighted by Gasteiger charge is -2.12. The molecule has 0 atom stereocenters. The van der Waals surface area contributed by atoms with Crippen molar-refractivity contribution in [3.05, 3.63) is 0 Å². The maximum atomic E-state index is 10.3. The first-order valence-electron chi connectivity index (χ1n) is 5.12. The SMILES string of the molecule is CC.CC.COCCN(C)CC(N)=O. The molecule has 14 heavy (non-hydrogen) atoms. The third-order valence-corrected chi connectivity index (χ3v) is 1.10. The Balaban J connectivity index is -0.000000266. The average Bonchev–Trinajstić information content (AvgIpc) is 2.20. The van der Waals surface area contributed by atoms with Crippen LogP contribution in [0.15, 0.2) is 0 Å². The minimum atomic E-state index is -0.307. The van der Waals surface area contributed by atoms with E-state index in [1.54, 1.807) is 7.11 Å². The van der Waals surface area contributed by atoms with Crippen LogP contribution in [0.25, 0.3) is 0 Å². The molecule has 88 valence electrons. The lowest BCUT2D eigenvalue weighted by Crippen LogP contribution is -2.32. The summed E-state index contributed by atoms with van der Waals surface area (Å²) in [5, 5.41) is 0. The highest BCUT2D eigenvalue weighted by Crippen LogP contribution is 1.79. The summed E-state index contributed by atoms with van der Waals surface area (Å²) in [6, 6.07) is 0. The number of amides is 1. The van der Waals surface area contributed by atoms with Crippen molar-refractivity contribution in [3.8, 4) is 0 Å². The summed E-state index contributed by atoms with van der Waals surface area (Å²) in [4.78, 5) is 12.1. The Bertz CT molecular complexity index is 108. The first-order valence-corrected chi connectivity index (χ1v) is 5.12. The van der Waals surface area contributed by atoms with Gasteiger partial charge in [-0.25, -0.2) is 0 Å². The number of hydrogen-bond acceptors (Lipinski definition) is 3. The van der Waals surface area contributed by atoms with Crippen molar-refractivity contribution in [1.82, 2.24) is 4.90 Å². The first kappa shape index (κ1) is 19.0. The van der Waals surface area contributed by atoms with E-state index in [9.17, 15) is 4.79 Å². The average molecular weight is 206 g/mol. The molecule has 2 N–H and O–H groups in total. The number of nitrogens with two attached hydrogens (primary N) is 1. The zero-order valence-corrected chi connectivity index (χ0v) is 10.5. The molecule has 0 saturated heterocycles. The molecular weight excluding hydrogens is 180 g/mol. The largest absolute Gasteiger partial charge is 0.383 e. The minimum absolute atomic E-state index is 0.295. The summed E-state index contributed by atoms with van der Waals surface area (Å²) in [5.41, 5.74) is 4.94. The molecule has 0 rings (SSSR count). The van der Waals surface area contributed by atoms with E-state index >= 15 is 0 Å². The Morgan fingerprint density at radius 2 is 1.71 bits per heavy atom. The van der Waals surface area contributed by atoms with E-state index in [0.717, 1.165) is 6.54 Å². The highest BCUT2D eigenvalue weighted by molar-refractivity contribution is 5.75. The zero-order valence-electron chi connectivity index (χ0n) is 10.5. The molecule has 0 aromatic heterocycles. The van der Waals surface area contributed by atoms with E-state index in [-0.39, 0.29) is 5.91 Å². The minimum Gasteiger partial charge on any atom is -0.383 e. The van der Waals surface area contributed by atoms with Gasteiger partial charge in [0, 0.05) is 13.7 Å². The second-order valence-corrected chi connectivity index (χ2v) is 2.20. The third-order valence-electron chi connectivity index (χ3n) is 1.10. The second kappa shape index (κ2) is 18.2. The number of primary amides is 1. The Hall–Kier alpha value is -0.610. The maximum absolute atomic E-state index is 10.3. The molecule has 0 aliphatic carbocycles. The van der Waals surface area contributed by atoms with Gasteiger partial charge in [0.05, 0.1) is 13.2 Å². The number of carbonyl (C=O) groups excluding carboxylic acids is 1. The van der Waals surface area contributed by atoms with Crippen LogP contribution in [-0.2, 0) is 9.53 Å². The van der Waals surface area contributed by atoms with Gasteiger partial charge in [0.2, 0.25) is 5.91 Å². The Morgan fingerprint density at radius 1 is 1.29 bits per heavy atom. The molecule has 0 saturated carbocycles. The van der Waals surface area contributed by atoms with Crippen molar-refractivity contribution in [2.24, 2.45) is 5.73 Å². The van der Waals surface area contributed by atoms with Gasteiger partial charge in [0.25, 0.3) is 0 Å². The summed E-state index contributed by atoms with van der Waals surface area (Å²) < 4.78 is 4.80. The molecule has 0 aromatic carbocycles. The zero-order chi connectivity index (χ0) is 12.0. The standard InChI is InChI=1S/C6H14N2O2.2C2H6/c1-8(3-4-10-2)5-6(7)9;2*1-2/h3-5H2,1-2H3,(H2,7,9);2*1-2H3. The number of rotatable bonds is 5. The molecule has 0 fully saturated rings. The van der Waals surface area contributed by atoms with Crippen LogP contribution in [0.2, 0.25) is 0 Å². The van der Waals surface area contributed by atoms with Gasteiger partial charge in [-0.05, 0) is 7.05 Å². The fourth-order valence-electron chi connectivity index (χ4n) is 0.592. The van der Waals surface area contributed by atoms with Gasteiger partial charge in [0.15, 0.2) is 0 Å². The van der Waals surface area contributed by atoms with Gasteiger partial charge < -0.3 is 10.5 Å². The molecule has 1 amide bonds. The third kappa shape index (κ3) is 22.5. The second-order valence-electron chi connectivity index (χ2n) is 2.20. The number of ether oxygens (including phenoxy) is 1. The van der Waals surface area contributed by atoms with Crippen molar-refractivity contribution >= 4 is 5.91 Å². The van der Waals surface area contributed by atoms with Crippen LogP contribution >= 0.6 is 0 Å². The molecule has 0 aliphatic rings. The van der Waals surface area contributed by atoms with Crippen LogP contribution in [0.5, 0.6) is 0 Å². The van der Waals surface area contributed by atoms with Gasteiger partial charge >= 0.3 is 0 Å². The fourth-order valence-corrected chi connectivity index (χ4v) is 0.592. The Labute approximate surface area is 88.4 Å². The lowest BCUT2D eigenvalue weighted by atomic mass is 10.5. The number of likely N-dealkylation sites (N-methyl/N-ethyl adjacent to an activating group) is 1. The normalized spacial score (nSPS) is 8.21. The molecule has 0 aromatic rings. The van der Waals surface area contributed by atoms with Crippen LogP contribution in [-0.4, -0.2) is 44.7 Å². The van der Waals surface area contributed by atoms with Crippen LogP contribution in [0.3, 0.4) is 0 Å². The highest BCUT2D eigenvalue weighted by Gasteiger charge is 1.99. The maximum Gasteiger partial charge on any atom is 0.231 e. The van der Waals surface area contributed by atoms with E-state index in [1.165, 1.54) is 0 Å². The molecule has 0 unspecified atom stereocenters. The monoisotopic (exact) mass is 206 g/mol. The van der Waals surface area contributed by atoms with Crippen molar-refractivity contribution in [3.63, 3.8) is 0 Å². The quantitative estimate of drug-likeness (QED) is 0.733. The summed E-state index contributed by atoms with van der Waals surface area (Å²) >= 11 is 0. The predicted molar refractivity (Wildman–Crippen MR) is 61.3 cm³/mol. The number of methoxy groups -OCH3 is 1. The molecule has 0 bridgehead atoms. The molecule has 0 heterocycles. The van der Waals surface area contributed by atoms with E-state index in [4.69, 9.17) is 10.5 Å². The smallest absolute Gasteiger partial charge is 0.231 e. The van der Waals surface area contributed by atoms with Crippen molar-refractivity contribution in [2.75, 3.05) is 33.9 Å². The van der Waals surface area contributed by atoms with E-state index in [1.807, 2.05) is 39.6 Å². The van der Waals surface area contributed by atoms with E-state index < -0.39 is 0 Å². The molecule has 4 nitrogen and oxygen atoms in total. The molecule has 0 aliphatic heterocycles. The Morgan fingerprint density at radius 3 is 2.00 bits per heavy atom. The summed E-state index contributed by atoms with van der Waals surface area (Å²) in [5.74, 6) is -0.307. The first-order chi connectivity index (χ1) is 6.66. The number of carbonyl (C=O) groups is 1. The van der Waals surface area contributed by atoms with Crippen LogP contribution in [0, 0.1) is 0 Å². The van der Waals surface area contributed by atoms with Gasteiger partial charge in [0.1, 0.15) is 0 Å². The van der Waals surface area contributed by atoms with E-state index in [0.29, 0.717) is 13.2 Å². The summed E-state index contributed by atoms with van der Waals surface area (Å²) in [6.07, 6.45) is 0. The van der Waals surface area contributed by atoms with Crippen LogP contribution in [0.4, 0.5) is 0 Å². The van der Waals surface area contributed by atoms with E-state index in [2.05, 4.69) is 0 Å². The van der Waals surface area contributed by atoms with Gasteiger partial charge in [-0.1, -0.05) is 27.7 Å². The number of nitrogens with zero attached hydrogens (tertiary/aromatic N) is 1. The van der Waals surface area contributed by atoms with Crippen LogP contribution in [0.1, 0.15) is 27.7 Å². The van der Waals surface area contributed by atoms with Crippen molar-refractivity contribution in [1.29, 1.82) is 0 Å². The summed E-state index contributed by atoms with van der Waals surface area (Å²) in [7, 11) is 3.45. The van der Waals surface area contributed by atoms with Crippen molar-refractivity contribution < 1.29 is 9.53 Å². The summed E-state index contributed by atoms with van der Waals surface area (Å²) in [6.45, 7) is 9.66. The van der Waals surface area contributed by atoms with Gasteiger partial charge in [-0.15, -0.1) is 0 Å². The highest BCUT2D eigenvalue weighted by atomic mass is 16.5.